The molecule has 3 heterocycles. The number of aryl methyl sites for hydroxylation is 1. The second kappa shape index (κ2) is 3.03. The van der Waals surface area contributed by atoms with Gasteiger partial charge in [-0.2, -0.15) is 0 Å². The van der Waals surface area contributed by atoms with Crippen LogP contribution in [0.25, 0.3) is 11.0 Å². The van der Waals surface area contributed by atoms with Gasteiger partial charge in [-0.15, -0.1) is 0 Å². The summed E-state index contributed by atoms with van der Waals surface area (Å²) in [5, 5.41) is 4.12. The SMILES string of the molecule is Cn1c(C2CNC2)cc2cc(F)cnc21. The summed E-state index contributed by atoms with van der Waals surface area (Å²) in [5.74, 6) is 0.277. The first-order valence-electron chi connectivity index (χ1n) is 5.07. The van der Waals surface area contributed by atoms with E-state index >= 15 is 0 Å². The minimum absolute atomic E-state index is 0.272. The predicted octanol–water partition coefficient (Wildman–Crippen LogP) is 1.40. The number of nitrogens with one attached hydrogen (secondary N) is 1. The van der Waals surface area contributed by atoms with Crippen LogP contribution in [-0.4, -0.2) is 22.6 Å². The number of hydrogen-bond donors (Lipinski definition) is 1. The van der Waals surface area contributed by atoms with E-state index in [0.29, 0.717) is 5.92 Å². The van der Waals surface area contributed by atoms with E-state index in [0.717, 1.165) is 24.1 Å². The molecule has 0 atom stereocenters. The Labute approximate surface area is 86.9 Å². The van der Waals surface area contributed by atoms with Crippen molar-refractivity contribution < 1.29 is 4.39 Å². The number of hydrogen-bond acceptors (Lipinski definition) is 2. The van der Waals surface area contributed by atoms with E-state index in [4.69, 9.17) is 0 Å². The van der Waals surface area contributed by atoms with Crippen molar-refractivity contribution in [1.29, 1.82) is 0 Å². The summed E-state index contributed by atoms with van der Waals surface area (Å²) in [7, 11) is 1.99. The highest BCUT2D eigenvalue weighted by molar-refractivity contribution is 5.77. The number of nitrogens with zero attached hydrogens (tertiary/aromatic N) is 2. The van der Waals surface area contributed by atoms with E-state index in [2.05, 4.69) is 14.9 Å². The summed E-state index contributed by atoms with van der Waals surface area (Å²) in [5.41, 5.74) is 2.10. The Hall–Kier alpha value is -1.42. The normalized spacial score (nSPS) is 16.9. The largest absolute Gasteiger partial charge is 0.332 e. The third-order valence-electron chi connectivity index (χ3n) is 3.07. The van der Waals surface area contributed by atoms with Gasteiger partial charge in [0.2, 0.25) is 0 Å². The summed E-state index contributed by atoms with van der Waals surface area (Å²) < 4.78 is 15.0. The zero-order valence-electron chi connectivity index (χ0n) is 8.50. The highest BCUT2D eigenvalue weighted by atomic mass is 19.1. The zero-order chi connectivity index (χ0) is 10.4. The van der Waals surface area contributed by atoms with Crippen LogP contribution in [0.1, 0.15) is 11.6 Å². The summed E-state index contributed by atoms with van der Waals surface area (Å²) in [4.78, 5) is 4.11. The molecule has 1 aliphatic rings. The Morgan fingerprint density at radius 2 is 2.27 bits per heavy atom. The molecule has 3 rings (SSSR count). The van der Waals surface area contributed by atoms with E-state index in [1.807, 2.05) is 13.1 Å². The van der Waals surface area contributed by atoms with Crippen molar-refractivity contribution in [2.24, 2.45) is 7.05 Å². The zero-order valence-corrected chi connectivity index (χ0v) is 8.50. The monoisotopic (exact) mass is 205 g/mol. The Kier molecular flexibility index (Phi) is 1.79. The van der Waals surface area contributed by atoms with Crippen LogP contribution in [-0.2, 0) is 7.05 Å². The van der Waals surface area contributed by atoms with Crippen LogP contribution in [0.3, 0.4) is 0 Å². The van der Waals surface area contributed by atoms with Crippen LogP contribution in [0, 0.1) is 5.82 Å². The molecule has 0 radical (unpaired) electrons. The van der Waals surface area contributed by atoms with Crippen molar-refractivity contribution in [3.05, 3.63) is 29.8 Å². The lowest BCUT2D eigenvalue weighted by Gasteiger charge is -2.27. The molecule has 0 aliphatic carbocycles. The highest BCUT2D eigenvalue weighted by Gasteiger charge is 2.22. The van der Waals surface area contributed by atoms with Gasteiger partial charge in [0.15, 0.2) is 0 Å². The fourth-order valence-corrected chi connectivity index (χ4v) is 2.10. The Morgan fingerprint density at radius 1 is 1.47 bits per heavy atom. The third-order valence-corrected chi connectivity index (χ3v) is 3.07. The minimum Gasteiger partial charge on any atom is -0.332 e. The van der Waals surface area contributed by atoms with Crippen molar-refractivity contribution >= 4 is 11.0 Å². The maximum atomic E-state index is 13.0. The van der Waals surface area contributed by atoms with Gasteiger partial charge in [0, 0.05) is 37.1 Å². The maximum Gasteiger partial charge on any atom is 0.142 e. The molecule has 4 heteroatoms. The van der Waals surface area contributed by atoms with Gasteiger partial charge < -0.3 is 9.88 Å². The topological polar surface area (TPSA) is 29.9 Å². The Bertz CT molecular complexity index is 514. The van der Waals surface area contributed by atoms with Crippen LogP contribution in [0.15, 0.2) is 18.3 Å². The highest BCUT2D eigenvalue weighted by Crippen LogP contribution is 2.25. The number of fused-ring (bicyclic) bond motifs is 1. The molecule has 0 bridgehead atoms. The molecule has 78 valence electrons. The lowest BCUT2D eigenvalue weighted by atomic mass is 9.99. The van der Waals surface area contributed by atoms with Gasteiger partial charge in [-0.1, -0.05) is 0 Å². The molecule has 0 saturated carbocycles. The molecular weight excluding hydrogens is 193 g/mol. The fourth-order valence-electron chi connectivity index (χ4n) is 2.10. The van der Waals surface area contributed by atoms with Crippen molar-refractivity contribution in [2.75, 3.05) is 13.1 Å². The van der Waals surface area contributed by atoms with Crippen molar-refractivity contribution in [2.45, 2.75) is 5.92 Å². The van der Waals surface area contributed by atoms with Crippen LogP contribution in [0.4, 0.5) is 4.39 Å². The molecule has 1 N–H and O–H groups in total. The van der Waals surface area contributed by atoms with Crippen LogP contribution in [0.5, 0.6) is 0 Å². The van der Waals surface area contributed by atoms with Gasteiger partial charge >= 0.3 is 0 Å². The predicted molar refractivity (Wildman–Crippen MR) is 56.3 cm³/mol. The van der Waals surface area contributed by atoms with Crippen LogP contribution >= 0.6 is 0 Å². The van der Waals surface area contributed by atoms with E-state index in [1.165, 1.54) is 18.0 Å². The molecular formula is C11H12FN3. The van der Waals surface area contributed by atoms with Gasteiger partial charge in [-0.3, -0.25) is 0 Å². The molecule has 2 aromatic heterocycles. The van der Waals surface area contributed by atoms with E-state index in [1.54, 1.807) is 0 Å². The lowest BCUT2D eigenvalue weighted by molar-refractivity contribution is 0.432. The number of rotatable bonds is 1. The smallest absolute Gasteiger partial charge is 0.142 e. The maximum absolute atomic E-state index is 13.0. The Morgan fingerprint density at radius 3 is 2.93 bits per heavy atom. The molecule has 1 fully saturated rings. The van der Waals surface area contributed by atoms with Crippen molar-refractivity contribution in [3.63, 3.8) is 0 Å². The third kappa shape index (κ3) is 1.25. The van der Waals surface area contributed by atoms with Gasteiger partial charge in [-0.05, 0) is 12.1 Å². The lowest BCUT2D eigenvalue weighted by Crippen LogP contribution is -2.40. The van der Waals surface area contributed by atoms with E-state index in [-0.39, 0.29) is 5.82 Å². The van der Waals surface area contributed by atoms with Crippen LogP contribution in [0.2, 0.25) is 0 Å². The molecule has 1 saturated heterocycles. The summed E-state index contributed by atoms with van der Waals surface area (Å²) >= 11 is 0. The van der Waals surface area contributed by atoms with E-state index < -0.39 is 0 Å². The second-order valence-corrected chi connectivity index (χ2v) is 4.05. The quantitative estimate of drug-likeness (QED) is 0.762. The minimum atomic E-state index is -0.272. The first-order chi connectivity index (χ1) is 7.25. The van der Waals surface area contributed by atoms with Gasteiger partial charge in [0.1, 0.15) is 11.5 Å². The summed E-state index contributed by atoms with van der Waals surface area (Å²) in [6.45, 7) is 2.01. The standard InChI is InChI=1S/C11H12FN3/c1-15-10(8-4-13-5-8)3-7-2-9(12)6-14-11(7)15/h2-3,6,8,13H,4-5H2,1H3. The molecule has 0 aromatic carbocycles. The molecule has 0 spiro atoms. The molecule has 3 nitrogen and oxygen atoms in total. The number of aromatic nitrogens is 2. The summed E-state index contributed by atoms with van der Waals surface area (Å²) in [6, 6.07) is 3.58. The van der Waals surface area contributed by atoms with Gasteiger partial charge in [0.25, 0.3) is 0 Å². The molecule has 0 unspecified atom stereocenters. The first-order valence-corrected chi connectivity index (χ1v) is 5.07. The average Bonchev–Trinajstić information content (AvgIpc) is 2.41. The van der Waals surface area contributed by atoms with Crippen molar-refractivity contribution in [1.82, 2.24) is 14.9 Å². The van der Waals surface area contributed by atoms with Crippen molar-refractivity contribution in [3.8, 4) is 0 Å². The molecule has 2 aromatic rings. The summed E-state index contributed by atoms with van der Waals surface area (Å²) in [6.07, 6.45) is 1.27. The van der Waals surface area contributed by atoms with Crippen LogP contribution < -0.4 is 5.32 Å². The van der Waals surface area contributed by atoms with Gasteiger partial charge in [0.05, 0.1) is 6.20 Å². The van der Waals surface area contributed by atoms with Gasteiger partial charge in [-0.25, -0.2) is 9.37 Å². The fraction of sp³-hybridized carbons (Fsp3) is 0.364. The molecule has 1 aliphatic heterocycles. The van der Waals surface area contributed by atoms with E-state index in [9.17, 15) is 4.39 Å². The number of halogens is 1. The second-order valence-electron chi connectivity index (χ2n) is 4.05. The first kappa shape index (κ1) is 8.85. The molecule has 0 amide bonds. The molecule has 15 heavy (non-hydrogen) atoms. The Balaban J connectivity index is 2.19. The number of pyridine rings is 1. The average molecular weight is 205 g/mol.